The van der Waals surface area contributed by atoms with Crippen LogP contribution in [0.4, 0.5) is 0 Å². The number of hydrogen-bond donors (Lipinski definition) is 3. The van der Waals surface area contributed by atoms with Gasteiger partial charge in [-0.3, -0.25) is 5.10 Å². The minimum Gasteiger partial charge on any atom is -0.478 e. The molecule has 0 bridgehead atoms. The lowest BCUT2D eigenvalue weighted by Gasteiger charge is -2.01. The molecule has 24 heavy (non-hydrogen) atoms. The predicted molar refractivity (Wildman–Crippen MR) is 92.3 cm³/mol. The molecule has 4 aromatic rings. The average molecular weight is 320 g/mol. The van der Waals surface area contributed by atoms with Crippen molar-refractivity contribution in [3.63, 3.8) is 0 Å². The van der Waals surface area contributed by atoms with Crippen LogP contribution in [-0.4, -0.2) is 31.2 Å². The Bertz CT molecular complexity index is 1090. The van der Waals surface area contributed by atoms with Gasteiger partial charge >= 0.3 is 5.97 Å². The summed E-state index contributed by atoms with van der Waals surface area (Å²) in [6.45, 7) is 4.21. The van der Waals surface area contributed by atoms with Gasteiger partial charge in [-0.25, -0.2) is 9.78 Å². The van der Waals surface area contributed by atoms with Crippen LogP contribution in [0.1, 0.15) is 28.4 Å². The van der Waals surface area contributed by atoms with Crippen molar-refractivity contribution >= 4 is 27.9 Å². The number of aromatic nitrogens is 4. The number of rotatable bonds is 3. The van der Waals surface area contributed by atoms with Crippen molar-refractivity contribution in [1.82, 2.24) is 20.2 Å². The lowest BCUT2D eigenvalue weighted by atomic mass is 10.1. The van der Waals surface area contributed by atoms with E-state index in [1.807, 2.05) is 0 Å². The summed E-state index contributed by atoms with van der Waals surface area (Å²) in [5.74, 6) is -0.330. The topological polar surface area (TPSA) is 94.7 Å². The first-order valence-corrected chi connectivity index (χ1v) is 7.78. The predicted octanol–water partition coefficient (Wildman–Crippen LogP) is 3.68. The highest BCUT2D eigenvalue weighted by Gasteiger charge is 2.15. The Labute approximate surface area is 137 Å². The van der Waals surface area contributed by atoms with E-state index in [0.29, 0.717) is 11.5 Å². The van der Waals surface area contributed by atoms with E-state index in [-0.39, 0.29) is 5.56 Å². The second-order valence-electron chi connectivity index (χ2n) is 5.87. The van der Waals surface area contributed by atoms with Crippen LogP contribution in [0.3, 0.4) is 0 Å². The van der Waals surface area contributed by atoms with Gasteiger partial charge in [0.25, 0.3) is 0 Å². The van der Waals surface area contributed by atoms with Crippen molar-refractivity contribution in [3.05, 3.63) is 47.0 Å². The number of aromatic amines is 2. The van der Waals surface area contributed by atoms with Gasteiger partial charge in [0.05, 0.1) is 22.1 Å². The Morgan fingerprint density at radius 3 is 2.79 bits per heavy atom. The number of nitrogens with zero attached hydrogens (tertiary/aromatic N) is 2. The first-order chi connectivity index (χ1) is 11.6. The zero-order valence-electron chi connectivity index (χ0n) is 13.3. The normalized spacial score (nSPS) is 11.4. The summed E-state index contributed by atoms with van der Waals surface area (Å²) in [6.07, 6.45) is 0.956. The number of carboxylic acids is 1. The standard InChI is InChI=1S/C18H16N4O2/c1-3-10-8-15-14(6-9(10)2)19-17(20-15)16-12-7-11(18(23)24)4-5-13(12)21-22-16/h4-8H,3H2,1-2H3,(H,19,20)(H,21,22)(H,23,24). The Hall–Kier alpha value is -3.15. The lowest BCUT2D eigenvalue weighted by Crippen LogP contribution is -1.95. The zero-order chi connectivity index (χ0) is 16.8. The van der Waals surface area contributed by atoms with Gasteiger partial charge in [0.15, 0.2) is 5.82 Å². The lowest BCUT2D eigenvalue weighted by molar-refractivity contribution is 0.0697. The van der Waals surface area contributed by atoms with Gasteiger partial charge < -0.3 is 10.1 Å². The summed E-state index contributed by atoms with van der Waals surface area (Å²) >= 11 is 0. The van der Waals surface area contributed by atoms with Crippen molar-refractivity contribution in [3.8, 4) is 11.5 Å². The fraction of sp³-hybridized carbons (Fsp3) is 0.167. The number of benzene rings is 2. The zero-order valence-corrected chi connectivity index (χ0v) is 13.3. The van der Waals surface area contributed by atoms with Crippen molar-refractivity contribution in [2.45, 2.75) is 20.3 Å². The summed E-state index contributed by atoms with van der Waals surface area (Å²) in [7, 11) is 0. The molecule has 0 atom stereocenters. The maximum Gasteiger partial charge on any atom is 0.335 e. The molecule has 0 spiro atoms. The van der Waals surface area contributed by atoms with E-state index in [1.54, 1.807) is 18.2 Å². The monoisotopic (exact) mass is 320 g/mol. The third-order valence-corrected chi connectivity index (χ3v) is 4.35. The molecule has 2 heterocycles. The van der Waals surface area contributed by atoms with Crippen LogP contribution in [-0.2, 0) is 6.42 Å². The third-order valence-electron chi connectivity index (χ3n) is 4.35. The molecular weight excluding hydrogens is 304 g/mol. The van der Waals surface area contributed by atoms with E-state index in [2.05, 4.69) is 46.1 Å². The number of fused-ring (bicyclic) bond motifs is 2. The highest BCUT2D eigenvalue weighted by Crippen LogP contribution is 2.28. The molecule has 4 rings (SSSR count). The number of imidazole rings is 1. The van der Waals surface area contributed by atoms with Crippen LogP contribution in [0.25, 0.3) is 33.5 Å². The average Bonchev–Trinajstić information content (AvgIpc) is 3.16. The van der Waals surface area contributed by atoms with Crippen molar-refractivity contribution in [1.29, 1.82) is 0 Å². The van der Waals surface area contributed by atoms with E-state index < -0.39 is 5.97 Å². The fourth-order valence-corrected chi connectivity index (χ4v) is 3.03. The Balaban J connectivity index is 1.92. The van der Waals surface area contributed by atoms with Gasteiger partial charge in [-0.1, -0.05) is 6.92 Å². The van der Waals surface area contributed by atoms with Gasteiger partial charge in [0.2, 0.25) is 0 Å². The molecule has 120 valence electrons. The number of H-pyrrole nitrogens is 2. The SMILES string of the molecule is CCc1cc2nc(-c3n[nH]c4ccc(C(=O)O)cc34)[nH]c2cc1C. The number of aromatic carboxylic acids is 1. The first kappa shape index (κ1) is 14.4. The van der Waals surface area contributed by atoms with Crippen LogP contribution < -0.4 is 0 Å². The van der Waals surface area contributed by atoms with E-state index in [4.69, 9.17) is 0 Å². The second-order valence-corrected chi connectivity index (χ2v) is 5.87. The molecule has 2 aromatic carbocycles. The Morgan fingerprint density at radius 1 is 1.21 bits per heavy atom. The molecule has 6 nitrogen and oxygen atoms in total. The number of carbonyl (C=O) groups is 1. The fourth-order valence-electron chi connectivity index (χ4n) is 3.03. The molecular formula is C18H16N4O2. The third kappa shape index (κ3) is 2.15. The number of carboxylic acid groups (broad SMARTS) is 1. The minimum atomic E-state index is -0.961. The molecule has 0 saturated carbocycles. The summed E-state index contributed by atoms with van der Waals surface area (Å²) in [4.78, 5) is 19.1. The highest BCUT2D eigenvalue weighted by molar-refractivity contribution is 5.98. The van der Waals surface area contributed by atoms with Crippen LogP contribution in [0.2, 0.25) is 0 Å². The molecule has 0 aliphatic heterocycles. The minimum absolute atomic E-state index is 0.227. The van der Waals surface area contributed by atoms with E-state index in [0.717, 1.165) is 28.4 Å². The number of hydrogen-bond acceptors (Lipinski definition) is 3. The van der Waals surface area contributed by atoms with Gasteiger partial charge in [-0.05, 0) is 54.8 Å². The number of nitrogens with one attached hydrogen (secondary N) is 2. The van der Waals surface area contributed by atoms with Gasteiger partial charge in [0, 0.05) is 5.39 Å². The molecule has 0 radical (unpaired) electrons. The second kappa shape index (κ2) is 5.19. The largest absolute Gasteiger partial charge is 0.478 e. The van der Waals surface area contributed by atoms with E-state index in [9.17, 15) is 9.90 Å². The molecule has 0 unspecified atom stereocenters. The van der Waals surface area contributed by atoms with Crippen LogP contribution in [0.15, 0.2) is 30.3 Å². The van der Waals surface area contributed by atoms with E-state index in [1.165, 1.54) is 11.1 Å². The molecule has 3 N–H and O–H groups in total. The quantitative estimate of drug-likeness (QED) is 0.536. The first-order valence-electron chi connectivity index (χ1n) is 7.78. The van der Waals surface area contributed by atoms with Crippen LogP contribution in [0, 0.1) is 6.92 Å². The Kier molecular flexibility index (Phi) is 3.13. The van der Waals surface area contributed by atoms with E-state index >= 15 is 0 Å². The van der Waals surface area contributed by atoms with Crippen molar-refractivity contribution in [2.75, 3.05) is 0 Å². The molecule has 0 fully saturated rings. The Morgan fingerprint density at radius 2 is 2.04 bits per heavy atom. The van der Waals surface area contributed by atoms with Gasteiger partial charge in [-0.2, -0.15) is 5.10 Å². The van der Waals surface area contributed by atoms with Gasteiger partial charge in [-0.15, -0.1) is 0 Å². The van der Waals surface area contributed by atoms with Crippen molar-refractivity contribution < 1.29 is 9.90 Å². The summed E-state index contributed by atoms with van der Waals surface area (Å²) in [5, 5.41) is 17.2. The summed E-state index contributed by atoms with van der Waals surface area (Å²) in [5.41, 5.74) is 5.95. The summed E-state index contributed by atoms with van der Waals surface area (Å²) < 4.78 is 0. The maximum absolute atomic E-state index is 11.2. The highest BCUT2D eigenvalue weighted by atomic mass is 16.4. The molecule has 6 heteroatoms. The molecule has 0 saturated heterocycles. The molecule has 0 aliphatic rings. The van der Waals surface area contributed by atoms with Crippen LogP contribution in [0.5, 0.6) is 0 Å². The maximum atomic E-state index is 11.2. The molecule has 0 amide bonds. The number of aryl methyl sites for hydroxylation is 2. The smallest absolute Gasteiger partial charge is 0.335 e. The summed E-state index contributed by atoms with van der Waals surface area (Å²) in [6, 6.07) is 9.07. The van der Waals surface area contributed by atoms with Crippen molar-refractivity contribution in [2.24, 2.45) is 0 Å². The molecule has 0 aliphatic carbocycles. The van der Waals surface area contributed by atoms with Gasteiger partial charge in [0.1, 0.15) is 5.69 Å². The van der Waals surface area contributed by atoms with Crippen LogP contribution >= 0.6 is 0 Å². The molecule has 2 aromatic heterocycles.